The maximum absolute atomic E-state index is 12.6. The van der Waals surface area contributed by atoms with E-state index in [1.807, 2.05) is 0 Å². The van der Waals surface area contributed by atoms with Gasteiger partial charge in [-0.05, 0) is 25.5 Å². The third-order valence-corrected chi connectivity index (χ3v) is 5.75. The number of benzene rings is 2. The molecule has 4 rings (SSSR count). The third-order valence-electron chi connectivity index (χ3n) is 5.75. The molecule has 1 aliphatic heterocycles. The first-order chi connectivity index (χ1) is 15.7. The monoisotopic (exact) mass is 454 g/mol. The molecule has 172 valence electrons. The molecular formula is C24H22O9. The number of ketones is 1. The number of carbonyl (C=O) groups excluding carboxylic acids is 2. The summed E-state index contributed by atoms with van der Waals surface area (Å²) in [5.41, 5.74) is 0.461. The Kier molecular flexibility index (Phi) is 5.49. The molecule has 0 unspecified atom stereocenters. The van der Waals surface area contributed by atoms with Gasteiger partial charge in [0.25, 0.3) is 0 Å². The molecule has 1 aliphatic rings. The van der Waals surface area contributed by atoms with Gasteiger partial charge in [0, 0.05) is 23.1 Å². The molecule has 33 heavy (non-hydrogen) atoms. The number of aryl methyl sites for hydroxylation is 1. The largest absolute Gasteiger partial charge is 0.506 e. The van der Waals surface area contributed by atoms with Gasteiger partial charge in [0.05, 0.1) is 33.1 Å². The van der Waals surface area contributed by atoms with Crippen LogP contribution in [-0.4, -0.2) is 38.2 Å². The molecule has 1 N–H and O–H groups in total. The lowest BCUT2D eigenvalue weighted by Gasteiger charge is -2.29. The van der Waals surface area contributed by atoms with Crippen LogP contribution in [-0.2, 0) is 4.79 Å². The smallest absolute Gasteiger partial charge is 0.336 e. The number of Topliss-reactive ketones (excluding diaryl/α,β-unsaturated/α-hetero) is 1. The molecule has 2 aromatic carbocycles. The summed E-state index contributed by atoms with van der Waals surface area (Å²) in [5.74, 6) is -1.39. The summed E-state index contributed by atoms with van der Waals surface area (Å²) in [4.78, 5) is 37.4. The van der Waals surface area contributed by atoms with Gasteiger partial charge < -0.3 is 28.5 Å². The maximum atomic E-state index is 12.6. The van der Waals surface area contributed by atoms with Crippen molar-refractivity contribution in [2.75, 3.05) is 21.3 Å². The number of rotatable bonds is 5. The van der Waals surface area contributed by atoms with Crippen molar-refractivity contribution in [2.45, 2.75) is 26.2 Å². The van der Waals surface area contributed by atoms with Crippen molar-refractivity contribution < 1.29 is 38.1 Å². The van der Waals surface area contributed by atoms with E-state index in [0.717, 1.165) is 0 Å². The Balaban J connectivity index is 2.17. The number of ether oxygens (including phenoxy) is 4. The summed E-state index contributed by atoms with van der Waals surface area (Å²) in [6.07, 6.45) is -0.131. The molecule has 0 aliphatic carbocycles. The minimum atomic E-state index is -0.734. The molecule has 0 radical (unpaired) electrons. The first kappa shape index (κ1) is 22.2. The number of esters is 1. The van der Waals surface area contributed by atoms with Crippen molar-refractivity contribution in [1.29, 1.82) is 0 Å². The second-order valence-corrected chi connectivity index (χ2v) is 7.63. The van der Waals surface area contributed by atoms with Crippen LogP contribution in [0.15, 0.2) is 27.4 Å². The maximum Gasteiger partial charge on any atom is 0.336 e. The lowest BCUT2D eigenvalue weighted by atomic mass is 9.82. The average Bonchev–Trinajstić information content (AvgIpc) is 2.76. The highest BCUT2D eigenvalue weighted by Crippen LogP contribution is 2.53. The normalized spacial score (nSPS) is 15.1. The van der Waals surface area contributed by atoms with Crippen LogP contribution in [0.25, 0.3) is 11.0 Å². The number of phenols is 1. The molecule has 0 saturated carbocycles. The van der Waals surface area contributed by atoms with Gasteiger partial charge in [-0.15, -0.1) is 0 Å². The third kappa shape index (κ3) is 3.36. The molecule has 2 heterocycles. The number of methoxy groups -OCH3 is 3. The molecule has 9 heteroatoms. The summed E-state index contributed by atoms with van der Waals surface area (Å²) >= 11 is 0. The highest BCUT2D eigenvalue weighted by Gasteiger charge is 2.39. The van der Waals surface area contributed by atoms with E-state index >= 15 is 0 Å². The number of carbonyl (C=O) groups is 2. The van der Waals surface area contributed by atoms with Crippen LogP contribution >= 0.6 is 0 Å². The minimum Gasteiger partial charge on any atom is -0.506 e. The van der Waals surface area contributed by atoms with Crippen molar-refractivity contribution in [3.63, 3.8) is 0 Å². The van der Waals surface area contributed by atoms with E-state index < -0.39 is 29.0 Å². The first-order valence-corrected chi connectivity index (χ1v) is 10.1. The molecule has 0 bridgehead atoms. The van der Waals surface area contributed by atoms with Crippen molar-refractivity contribution in [3.05, 3.63) is 50.9 Å². The van der Waals surface area contributed by atoms with E-state index in [-0.39, 0.29) is 28.7 Å². The fourth-order valence-corrected chi connectivity index (χ4v) is 4.40. The summed E-state index contributed by atoms with van der Waals surface area (Å²) in [6, 6.07) is 4.58. The standard InChI is InChI=1S/C24H22O9/c1-10-8-15(26)32-23-17(10)20(28)18(11(2)25)24-19(23)13(9-16(27)33-24)12-6-7-14(29-3)22(31-5)21(12)30-4/h6-8,13,28H,9H2,1-5H3/t13-/m1/s1. The summed E-state index contributed by atoms with van der Waals surface area (Å²) in [6.45, 7) is 2.88. The van der Waals surface area contributed by atoms with E-state index in [0.29, 0.717) is 33.9 Å². The molecule has 0 saturated heterocycles. The highest BCUT2D eigenvalue weighted by molar-refractivity contribution is 6.09. The van der Waals surface area contributed by atoms with Crippen molar-refractivity contribution in [3.8, 4) is 28.7 Å². The molecule has 0 fully saturated rings. The van der Waals surface area contributed by atoms with Gasteiger partial charge >= 0.3 is 11.6 Å². The zero-order chi connectivity index (χ0) is 24.0. The summed E-state index contributed by atoms with van der Waals surface area (Å²) in [5, 5.41) is 11.1. The van der Waals surface area contributed by atoms with E-state index in [2.05, 4.69) is 0 Å². The van der Waals surface area contributed by atoms with Crippen LogP contribution in [0.3, 0.4) is 0 Å². The summed E-state index contributed by atoms with van der Waals surface area (Å²) in [7, 11) is 4.39. The second kappa shape index (κ2) is 8.16. The quantitative estimate of drug-likeness (QED) is 0.267. The van der Waals surface area contributed by atoms with Crippen molar-refractivity contribution >= 4 is 22.7 Å². The molecule has 0 amide bonds. The van der Waals surface area contributed by atoms with Gasteiger partial charge in [-0.3, -0.25) is 9.59 Å². The lowest BCUT2D eigenvalue weighted by Crippen LogP contribution is -2.24. The van der Waals surface area contributed by atoms with E-state index in [4.69, 9.17) is 23.4 Å². The van der Waals surface area contributed by atoms with Gasteiger partial charge in [0.2, 0.25) is 5.75 Å². The van der Waals surface area contributed by atoms with E-state index in [1.54, 1.807) is 19.1 Å². The lowest BCUT2D eigenvalue weighted by molar-refractivity contribution is -0.135. The van der Waals surface area contributed by atoms with E-state index in [9.17, 15) is 19.5 Å². The molecule has 0 spiro atoms. The average molecular weight is 454 g/mol. The van der Waals surface area contributed by atoms with Gasteiger partial charge in [-0.1, -0.05) is 6.07 Å². The van der Waals surface area contributed by atoms with Crippen LogP contribution in [0.5, 0.6) is 28.7 Å². The number of hydrogen-bond donors (Lipinski definition) is 1. The molecule has 1 atom stereocenters. The van der Waals surface area contributed by atoms with Crippen LogP contribution in [0.2, 0.25) is 0 Å². The topological polar surface area (TPSA) is 122 Å². The van der Waals surface area contributed by atoms with Gasteiger partial charge in [-0.25, -0.2) is 4.79 Å². The van der Waals surface area contributed by atoms with E-state index in [1.165, 1.54) is 34.3 Å². The Morgan fingerprint density at radius 2 is 1.79 bits per heavy atom. The van der Waals surface area contributed by atoms with Gasteiger partial charge in [0.1, 0.15) is 16.9 Å². The predicted molar refractivity (Wildman–Crippen MR) is 117 cm³/mol. The Bertz CT molecular complexity index is 1370. The Hall–Kier alpha value is -4.01. The number of phenolic OH excluding ortho intramolecular Hbond substituents is 1. The minimum absolute atomic E-state index is 0.0341. The SMILES string of the molecule is COc1ccc([C@H]2CC(=O)Oc3c(C(C)=O)c(O)c4c(C)cc(=O)oc4c32)c(OC)c1OC. The molecule has 1 aromatic heterocycles. The van der Waals surface area contributed by atoms with Gasteiger partial charge in [-0.2, -0.15) is 0 Å². The highest BCUT2D eigenvalue weighted by atomic mass is 16.5. The Morgan fingerprint density at radius 1 is 1.09 bits per heavy atom. The first-order valence-electron chi connectivity index (χ1n) is 10.1. The van der Waals surface area contributed by atoms with Crippen LogP contribution in [0.1, 0.15) is 46.3 Å². The number of fused-ring (bicyclic) bond motifs is 3. The zero-order valence-electron chi connectivity index (χ0n) is 18.7. The van der Waals surface area contributed by atoms with Gasteiger partial charge in [0.15, 0.2) is 23.0 Å². The summed E-state index contributed by atoms with van der Waals surface area (Å²) < 4.78 is 27.4. The fraction of sp³-hybridized carbons (Fsp3) is 0.292. The number of aromatic hydroxyl groups is 1. The zero-order valence-corrected chi connectivity index (χ0v) is 18.7. The van der Waals surface area contributed by atoms with Crippen LogP contribution < -0.4 is 24.6 Å². The van der Waals surface area contributed by atoms with Crippen molar-refractivity contribution in [1.82, 2.24) is 0 Å². The molecule has 3 aromatic rings. The van der Waals surface area contributed by atoms with Crippen LogP contribution in [0.4, 0.5) is 0 Å². The molecule has 9 nitrogen and oxygen atoms in total. The van der Waals surface area contributed by atoms with Crippen molar-refractivity contribution in [2.24, 2.45) is 0 Å². The van der Waals surface area contributed by atoms with Crippen LogP contribution in [0, 0.1) is 6.92 Å². The Labute approximate surface area is 188 Å². The Morgan fingerprint density at radius 3 is 2.39 bits per heavy atom. The fourth-order valence-electron chi connectivity index (χ4n) is 4.40. The second-order valence-electron chi connectivity index (χ2n) is 7.63. The predicted octanol–water partition coefficient (Wildman–Crippen LogP) is 3.48. The molecular weight excluding hydrogens is 432 g/mol. The number of hydrogen-bond acceptors (Lipinski definition) is 9.